The van der Waals surface area contributed by atoms with Crippen molar-refractivity contribution in [2.75, 3.05) is 13.7 Å². The molecule has 118 valence electrons. The van der Waals surface area contributed by atoms with Crippen molar-refractivity contribution in [3.8, 4) is 5.75 Å². The van der Waals surface area contributed by atoms with Gasteiger partial charge in [0.1, 0.15) is 5.75 Å². The van der Waals surface area contributed by atoms with Gasteiger partial charge in [0.2, 0.25) is 5.09 Å². The van der Waals surface area contributed by atoms with Gasteiger partial charge in [-0.25, -0.2) is 8.42 Å². The first-order valence-electron chi connectivity index (χ1n) is 6.89. The van der Waals surface area contributed by atoms with Crippen LogP contribution in [0.1, 0.15) is 18.0 Å². The van der Waals surface area contributed by atoms with E-state index in [1.807, 2.05) is 6.07 Å². The minimum Gasteiger partial charge on any atom is -0.497 e. The lowest BCUT2D eigenvalue weighted by Crippen LogP contribution is -2.31. The second-order valence-electron chi connectivity index (χ2n) is 5.19. The van der Waals surface area contributed by atoms with Crippen LogP contribution >= 0.6 is 0 Å². The molecule has 6 nitrogen and oxygen atoms in total. The Bertz CT molecular complexity index is 741. The first kappa shape index (κ1) is 15.1. The maximum absolute atomic E-state index is 12.7. The average molecular weight is 323 g/mol. The number of hydrogen-bond acceptors (Lipinski definition) is 5. The Hall–Kier alpha value is -1.83. The predicted octanol–water partition coefficient (Wildman–Crippen LogP) is 1.78. The molecule has 1 saturated heterocycles. The molecule has 1 N–H and O–H groups in total. The minimum atomic E-state index is -3.78. The van der Waals surface area contributed by atoms with Crippen LogP contribution in [0.3, 0.4) is 0 Å². The van der Waals surface area contributed by atoms with E-state index in [4.69, 9.17) is 9.15 Å². The number of ether oxygens (including phenoxy) is 1. The summed E-state index contributed by atoms with van der Waals surface area (Å²) in [5.74, 6) is 0.647. The number of aliphatic hydroxyl groups excluding tert-OH is 1. The van der Waals surface area contributed by atoms with Gasteiger partial charge in [-0.3, -0.25) is 0 Å². The molecular formula is C15H17NO5S. The normalized spacial score (nSPS) is 22.8. The summed E-state index contributed by atoms with van der Waals surface area (Å²) in [7, 11) is -2.22. The number of aliphatic hydroxyl groups is 1. The van der Waals surface area contributed by atoms with Crippen molar-refractivity contribution >= 4 is 10.0 Å². The number of sulfonamides is 1. The number of nitrogens with zero attached hydrogens (tertiary/aromatic N) is 1. The van der Waals surface area contributed by atoms with Crippen molar-refractivity contribution in [3.05, 3.63) is 48.2 Å². The fraction of sp³-hybridized carbons (Fsp3) is 0.333. The molecule has 1 aliphatic heterocycles. The first-order chi connectivity index (χ1) is 10.5. The standard InChI is InChI=1S/C15H17NO5S/c1-20-13-5-2-4-11(8-13)14-9-12(17)10-16(14)22(18,19)15-6-3-7-21-15/h2-8,12,14,17H,9-10H2,1H3. The number of rotatable bonds is 4. The zero-order chi connectivity index (χ0) is 15.7. The van der Waals surface area contributed by atoms with Crippen molar-refractivity contribution in [3.63, 3.8) is 0 Å². The maximum Gasteiger partial charge on any atom is 0.277 e. The van der Waals surface area contributed by atoms with E-state index in [1.165, 1.54) is 22.7 Å². The molecule has 2 aromatic rings. The van der Waals surface area contributed by atoms with Crippen molar-refractivity contribution in [2.24, 2.45) is 0 Å². The zero-order valence-electron chi connectivity index (χ0n) is 12.0. The molecule has 0 radical (unpaired) electrons. The van der Waals surface area contributed by atoms with Gasteiger partial charge in [-0.15, -0.1) is 0 Å². The molecule has 1 fully saturated rings. The Balaban J connectivity index is 1.99. The maximum atomic E-state index is 12.7. The van der Waals surface area contributed by atoms with Crippen molar-refractivity contribution in [1.82, 2.24) is 4.31 Å². The van der Waals surface area contributed by atoms with Gasteiger partial charge in [0.15, 0.2) is 0 Å². The summed E-state index contributed by atoms with van der Waals surface area (Å²) in [6.07, 6.45) is 0.952. The van der Waals surface area contributed by atoms with Crippen molar-refractivity contribution in [1.29, 1.82) is 0 Å². The lowest BCUT2D eigenvalue weighted by molar-refractivity contribution is 0.188. The Morgan fingerprint density at radius 3 is 2.82 bits per heavy atom. The predicted molar refractivity (Wildman–Crippen MR) is 79.0 cm³/mol. The van der Waals surface area contributed by atoms with Gasteiger partial charge in [-0.2, -0.15) is 4.31 Å². The fourth-order valence-electron chi connectivity index (χ4n) is 2.73. The van der Waals surface area contributed by atoms with Crippen LogP contribution in [0.4, 0.5) is 0 Å². The second-order valence-corrected chi connectivity index (χ2v) is 7.01. The third-order valence-corrected chi connectivity index (χ3v) is 5.53. The topological polar surface area (TPSA) is 80.0 Å². The molecule has 0 spiro atoms. The van der Waals surface area contributed by atoms with Crippen LogP contribution in [-0.4, -0.2) is 37.6 Å². The zero-order valence-corrected chi connectivity index (χ0v) is 12.9. The molecule has 1 aromatic heterocycles. The summed E-state index contributed by atoms with van der Waals surface area (Å²) in [5.41, 5.74) is 0.783. The molecule has 1 aliphatic rings. The van der Waals surface area contributed by atoms with E-state index in [0.717, 1.165) is 5.56 Å². The van der Waals surface area contributed by atoms with E-state index >= 15 is 0 Å². The van der Waals surface area contributed by atoms with Gasteiger partial charge in [-0.1, -0.05) is 12.1 Å². The van der Waals surface area contributed by atoms with Crippen LogP contribution in [-0.2, 0) is 10.0 Å². The summed E-state index contributed by atoms with van der Waals surface area (Å²) in [4.78, 5) is 0. The van der Waals surface area contributed by atoms with Crippen molar-refractivity contribution in [2.45, 2.75) is 23.7 Å². The minimum absolute atomic E-state index is 0.0465. The Morgan fingerprint density at radius 2 is 2.14 bits per heavy atom. The molecule has 0 saturated carbocycles. The van der Waals surface area contributed by atoms with Gasteiger partial charge in [-0.05, 0) is 36.2 Å². The van der Waals surface area contributed by atoms with Gasteiger partial charge < -0.3 is 14.3 Å². The summed E-state index contributed by atoms with van der Waals surface area (Å²) < 4.78 is 36.8. The van der Waals surface area contributed by atoms with Crippen LogP contribution in [0.15, 0.2) is 52.2 Å². The van der Waals surface area contributed by atoms with Gasteiger partial charge >= 0.3 is 0 Å². The third-order valence-electron chi connectivity index (χ3n) is 3.77. The summed E-state index contributed by atoms with van der Waals surface area (Å²) in [5, 5.41) is 9.83. The van der Waals surface area contributed by atoms with Crippen LogP contribution < -0.4 is 4.74 Å². The molecule has 0 bridgehead atoms. The molecule has 0 amide bonds. The second kappa shape index (κ2) is 5.75. The third kappa shape index (κ3) is 2.63. The smallest absolute Gasteiger partial charge is 0.277 e. The highest BCUT2D eigenvalue weighted by Crippen LogP contribution is 2.37. The molecule has 22 heavy (non-hydrogen) atoms. The van der Waals surface area contributed by atoms with Crippen LogP contribution in [0.2, 0.25) is 0 Å². The Labute approximate surface area is 129 Å². The monoisotopic (exact) mass is 323 g/mol. The van der Waals surface area contributed by atoms with Gasteiger partial charge in [0.05, 0.1) is 25.5 Å². The lowest BCUT2D eigenvalue weighted by atomic mass is 10.0. The summed E-state index contributed by atoms with van der Waals surface area (Å²) >= 11 is 0. The van der Waals surface area contributed by atoms with Crippen LogP contribution in [0.5, 0.6) is 5.75 Å². The average Bonchev–Trinajstić information content (AvgIpc) is 3.17. The van der Waals surface area contributed by atoms with Crippen LogP contribution in [0, 0.1) is 0 Å². The Morgan fingerprint density at radius 1 is 1.32 bits per heavy atom. The van der Waals surface area contributed by atoms with E-state index < -0.39 is 22.2 Å². The van der Waals surface area contributed by atoms with E-state index in [0.29, 0.717) is 12.2 Å². The van der Waals surface area contributed by atoms with Gasteiger partial charge in [0, 0.05) is 6.54 Å². The van der Waals surface area contributed by atoms with E-state index in [9.17, 15) is 13.5 Å². The molecule has 1 aromatic carbocycles. The summed E-state index contributed by atoms with van der Waals surface area (Å²) in [6.45, 7) is 0.0465. The molecule has 3 rings (SSSR count). The highest BCUT2D eigenvalue weighted by molar-refractivity contribution is 7.89. The lowest BCUT2D eigenvalue weighted by Gasteiger charge is -2.23. The first-order valence-corrected chi connectivity index (χ1v) is 8.34. The molecule has 2 atom stereocenters. The Kier molecular flexibility index (Phi) is 3.94. The molecule has 2 unspecified atom stereocenters. The van der Waals surface area contributed by atoms with Crippen LogP contribution in [0.25, 0.3) is 0 Å². The number of β-amino-alcohol motifs (C(OH)–C–C–N with tert-alkyl or cyclic N) is 1. The summed E-state index contributed by atoms with van der Waals surface area (Å²) in [6, 6.07) is 9.70. The van der Waals surface area contributed by atoms with E-state index in [2.05, 4.69) is 0 Å². The molecule has 7 heteroatoms. The van der Waals surface area contributed by atoms with Crippen molar-refractivity contribution < 1.29 is 22.7 Å². The number of hydrogen-bond donors (Lipinski definition) is 1. The quantitative estimate of drug-likeness (QED) is 0.928. The van der Waals surface area contributed by atoms with Gasteiger partial charge in [0.25, 0.3) is 10.0 Å². The molecular weight excluding hydrogens is 306 g/mol. The SMILES string of the molecule is COc1cccc(C2CC(O)CN2S(=O)(=O)c2ccco2)c1. The molecule has 2 heterocycles. The number of benzene rings is 1. The van der Waals surface area contributed by atoms with E-state index in [-0.39, 0.29) is 11.6 Å². The highest BCUT2D eigenvalue weighted by atomic mass is 32.2. The largest absolute Gasteiger partial charge is 0.497 e. The fourth-order valence-corrected chi connectivity index (χ4v) is 4.30. The number of methoxy groups -OCH3 is 1. The number of furan rings is 1. The van der Waals surface area contributed by atoms with E-state index in [1.54, 1.807) is 25.3 Å². The molecule has 0 aliphatic carbocycles. The highest BCUT2D eigenvalue weighted by Gasteiger charge is 2.41.